The summed E-state index contributed by atoms with van der Waals surface area (Å²) in [6, 6.07) is 13.9. The predicted molar refractivity (Wildman–Crippen MR) is 129 cm³/mol. The minimum atomic E-state index is -4.44. The smallest absolute Gasteiger partial charge is 0.416 e. The van der Waals surface area contributed by atoms with E-state index < -0.39 is 29.2 Å². The number of halogens is 3. The number of amides is 1. The van der Waals surface area contributed by atoms with Gasteiger partial charge in [0, 0.05) is 11.3 Å². The zero-order chi connectivity index (χ0) is 25.5. The molecule has 0 bridgehead atoms. The highest BCUT2D eigenvalue weighted by Crippen LogP contribution is 2.50. The van der Waals surface area contributed by atoms with E-state index in [9.17, 15) is 22.8 Å². The lowest BCUT2D eigenvalue weighted by atomic mass is 9.75. The summed E-state index contributed by atoms with van der Waals surface area (Å²) in [4.78, 5) is 30.4. The van der Waals surface area contributed by atoms with E-state index in [0.29, 0.717) is 29.7 Å². The van der Waals surface area contributed by atoms with Gasteiger partial charge in [0.1, 0.15) is 11.3 Å². The molecule has 6 nitrogen and oxygen atoms in total. The van der Waals surface area contributed by atoms with E-state index in [0.717, 1.165) is 42.5 Å². The van der Waals surface area contributed by atoms with E-state index in [4.69, 9.17) is 4.74 Å². The van der Waals surface area contributed by atoms with Gasteiger partial charge in [-0.05, 0) is 68.0 Å². The van der Waals surface area contributed by atoms with Crippen molar-refractivity contribution in [1.29, 1.82) is 0 Å². The lowest BCUT2D eigenvalue weighted by Gasteiger charge is -2.34. The first kappa shape index (κ1) is 23.8. The molecule has 1 spiro atoms. The number of rotatable bonds is 3. The third-order valence-electron chi connectivity index (χ3n) is 6.80. The van der Waals surface area contributed by atoms with Crippen LogP contribution in [-0.2, 0) is 20.5 Å². The first-order valence-electron chi connectivity index (χ1n) is 11.8. The summed E-state index contributed by atoms with van der Waals surface area (Å²) >= 11 is 0. The van der Waals surface area contributed by atoms with Gasteiger partial charge in [0.05, 0.1) is 11.1 Å². The van der Waals surface area contributed by atoms with E-state index in [2.05, 4.69) is 15.6 Å². The van der Waals surface area contributed by atoms with Gasteiger partial charge in [-0.25, -0.2) is 9.79 Å². The van der Waals surface area contributed by atoms with Gasteiger partial charge in [0.25, 0.3) is 5.91 Å². The van der Waals surface area contributed by atoms with Gasteiger partial charge in [-0.2, -0.15) is 13.2 Å². The zero-order valence-corrected chi connectivity index (χ0v) is 19.5. The number of nitrogens with zero attached hydrogens (tertiary/aromatic N) is 1. The third kappa shape index (κ3) is 4.29. The van der Waals surface area contributed by atoms with Gasteiger partial charge in [-0.3, -0.25) is 10.1 Å². The van der Waals surface area contributed by atoms with Crippen LogP contribution < -0.4 is 10.6 Å². The van der Waals surface area contributed by atoms with Gasteiger partial charge in [0.2, 0.25) is 5.96 Å². The fraction of sp³-hybridized carbons (Fsp3) is 0.296. The zero-order valence-electron chi connectivity index (χ0n) is 19.5. The minimum Gasteiger partial charge on any atom is -0.451 e. The molecular formula is C27H24F3N3O3. The second kappa shape index (κ2) is 8.96. The Morgan fingerprint density at radius 3 is 2.31 bits per heavy atom. The van der Waals surface area contributed by atoms with Crippen molar-refractivity contribution in [3.05, 3.63) is 82.6 Å². The summed E-state index contributed by atoms with van der Waals surface area (Å²) in [5, 5.41) is 5.41. The quantitative estimate of drug-likeness (QED) is 0.430. The molecule has 2 aromatic rings. The molecule has 2 aromatic carbocycles. The topological polar surface area (TPSA) is 79.8 Å². The number of alkyl halides is 3. The molecular weight excluding hydrogens is 471 g/mol. The van der Waals surface area contributed by atoms with E-state index in [1.807, 2.05) is 30.3 Å². The molecule has 0 radical (unpaired) electrons. The largest absolute Gasteiger partial charge is 0.451 e. The number of hydrogen-bond donors (Lipinski definition) is 2. The number of esters is 1. The lowest BCUT2D eigenvalue weighted by molar-refractivity contribution is -0.147. The molecule has 1 amide bonds. The molecule has 2 heterocycles. The molecule has 9 heteroatoms. The summed E-state index contributed by atoms with van der Waals surface area (Å²) in [6.45, 7) is 1.67. The summed E-state index contributed by atoms with van der Waals surface area (Å²) in [6.07, 6.45) is -0.0713. The van der Waals surface area contributed by atoms with E-state index in [1.165, 1.54) is 12.1 Å². The average Bonchev–Trinajstić information content (AvgIpc) is 3.35. The monoisotopic (exact) mass is 495 g/mol. The van der Waals surface area contributed by atoms with Crippen molar-refractivity contribution >= 4 is 29.1 Å². The number of hydrogen-bond acceptors (Lipinski definition) is 5. The Bertz CT molecular complexity index is 1300. The molecule has 0 unspecified atom stereocenters. The number of anilines is 1. The predicted octanol–water partition coefficient (Wildman–Crippen LogP) is 5.59. The third-order valence-corrected chi connectivity index (χ3v) is 6.80. The maximum atomic E-state index is 13.2. The van der Waals surface area contributed by atoms with Crippen LogP contribution in [0.3, 0.4) is 0 Å². The fourth-order valence-corrected chi connectivity index (χ4v) is 5.11. The normalized spacial score (nSPS) is 20.8. The summed E-state index contributed by atoms with van der Waals surface area (Å²) in [5.41, 5.74) is 1.25. The summed E-state index contributed by atoms with van der Waals surface area (Å²) in [5.74, 6) is -0.929. The molecule has 0 saturated heterocycles. The Morgan fingerprint density at radius 1 is 1.00 bits per heavy atom. The van der Waals surface area contributed by atoms with Crippen LogP contribution in [-0.4, -0.2) is 23.4 Å². The summed E-state index contributed by atoms with van der Waals surface area (Å²) in [7, 11) is 0. The van der Waals surface area contributed by atoms with Gasteiger partial charge in [-0.1, -0.05) is 36.8 Å². The lowest BCUT2D eigenvalue weighted by Crippen LogP contribution is -2.33. The van der Waals surface area contributed by atoms with Crippen molar-refractivity contribution < 1.29 is 27.5 Å². The van der Waals surface area contributed by atoms with Crippen LogP contribution >= 0.6 is 0 Å². The van der Waals surface area contributed by atoms with Crippen molar-refractivity contribution in [2.24, 2.45) is 4.99 Å². The molecule has 0 atom stereocenters. The molecule has 0 aromatic heterocycles. The standard InChI is InChI=1S/C27H24F3N3O3/c1-16(22-23(34)33-25(32-22)31-19-12-10-18(11-13-19)27(28,29)30)20-21(17-8-4-2-5-9-17)26(36-24(20)35)14-6-3-7-15-26/h2,4-5,8-13H,3,6-7,14-15H2,1H3,(H2,31,32,33,34)/b22-16+. The van der Waals surface area contributed by atoms with Crippen molar-refractivity contribution in [1.82, 2.24) is 5.32 Å². The Kier molecular flexibility index (Phi) is 5.94. The molecule has 5 rings (SSSR count). The summed E-state index contributed by atoms with van der Waals surface area (Å²) < 4.78 is 44.5. The highest BCUT2D eigenvalue weighted by Gasteiger charge is 2.49. The first-order chi connectivity index (χ1) is 17.2. The number of aliphatic imine (C=N–C) groups is 1. The molecule has 1 fully saturated rings. The second-order valence-corrected chi connectivity index (χ2v) is 9.15. The number of benzene rings is 2. The number of ether oxygens (including phenoxy) is 1. The minimum absolute atomic E-state index is 0.0534. The van der Waals surface area contributed by atoms with Gasteiger partial charge < -0.3 is 10.1 Å². The number of nitrogens with one attached hydrogen (secondary N) is 2. The molecule has 186 valence electrons. The van der Waals surface area contributed by atoms with Crippen LogP contribution in [0.1, 0.15) is 50.2 Å². The SMILES string of the molecule is C/C(C1=C(c2ccccc2)C2(CCCCC2)OC1=O)=C1\N=C(Nc2ccc(C(F)(F)F)cc2)NC1=O. The highest BCUT2D eigenvalue weighted by atomic mass is 19.4. The van der Waals surface area contributed by atoms with E-state index >= 15 is 0 Å². The van der Waals surface area contributed by atoms with Crippen LogP contribution in [0.2, 0.25) is 0 Å². The van der Waals surface area contributed by atoms with Crippen molar-refractivity contribution in [3.8, 4) is 0 Å². The molecule has 1 saturated carbocycles. The Hall–Kier alpha value is -3.88. The first-order valence-corrected chi connectivity index (χ1v) is 11.8. The molecule has 1 aliphatic carbocycles. The van der Waals surface area contributed by atoms with Gasteiger partial charge in [0.15, 0.2) is 0 Å². The van der Waals surface area contributed by atoms with Crippen molar-refractivity contribution in [2.45, 2.75) is 50.8 Å². The molecule has 2 N–H and O–H groups in total. The maximum absolute atomic E-state index is 13.2. The Balaban J connectivity index is 1.53. The second-order valence-electron chi connectivity index (χ2n) is 9.15. The Morgan fingerprint density at radius 2 is 1.67 bits per heavy atom. The highest BCUT2D eigenvalue weighted by molar-refractivity contribution is 6.18. The number of guanidine groups is 1. The fourth-order valence-electron chi connectivity index (χ4n) is 5.11. The molecule has 36 heavy (non-hydrogen) atoms. The van der Waals surface area contributed by atoms with Crippen LogP contribution in [0.15, 0.2) is 76.4 Å². The van der Waals surface area contributed by atoms with E-state index in [1.54, 1.807) is 6.92 Å². The van der Waals surface area contributed by atoms with Crippen molar-refractivity contribution in [2.75, 3.05) is 5.32 Å². The van der Waals surface area contributed by atoms with E-state index in [-0.39, 0.29) is 11.7 Å². The van der Waals surface area contributed by atoms with Crippen LogP contribution in [0.25, 0.3) is 5.57 Å². The van der Waals surface area contributed by atoms with Crippen LogP contribution in [0.4, 0.5) is 18.9 Å². The van der Waals surface area contributed by atoms with Crippen molar-refractivity contribution in [3.63, 3.8) is 0 Å². The van der Waals surface area contributed by atoms with Crippen LogP contribution in [0, 0.1) is 0 Å². The van der Waals surface area contributed by atoms with Gasteiger partial charge >= 0.3 is 12.1 Å². The Labute approximate surface area is 205 Å². The van der Waals surface area contributed by atoms with Gasteiger partial charge in [-0.15, -0.1) is 0 Å². The molecule has 3 aliphatic rings. The number of carbonyl (C=O) groups excluding carboxylic acids is 2. The average molecular weight is 496 g/mol. The molecule has 2 aliphatic heterocycles. The number of carbonyl (C=O) groups is 2. The maximum Gasteiger partial charge on any atom is 0.416 e. The van der Waals surface area contributed by atoms with Crippen LogP contribution in [0.5, 0.6) is 0 Å².